The molecule has 1 saturated carbocycles. The summed E-state index contributed by atoms with van der Waals surface area (Å²) in [5, 5.41) is 4.85. The summed E-state index contributed by atoms with van der Waals surface area (Å²) in [4.78, 5) is 1.59. The molecule has 2 aromatic rings. The molecule has 1 aliphatic carbocycles. The Labute approximate surface area is 107 Å². The quantitative estimate of drug-likeness (QED) is 0.861. The zero-order chi connectivity index (χ0) is 11.8. The van der Waals surface area contributed by atoms with Crippen molar-refractivity contribution >= 4 is 21.4 Å². The molecule has 0 bridgehead atoms. The molecule has 1 fully saturated rings. The fraction of sp³-hybridized carbons (Fsp3) is 0.467. The lowest BCUT2D eigenvalue weighted by atomic mass is 9.67. The number of rotatable bonds is 3. The van der Waals surface area contributed by atoms with Crippen LogP contribution in [-0.4, -0.2) is 13.1 Å². The van der Waals surface area contributed by atoms with Gasteiger partial charge >= 0.3 is 0 Å². The third kappa shape index (κ3) is 1.80. The Bertz CT molecular complexity index is 483. The van der Waals surface area contributed by atoms with E-state index >= 15 is 0 Å². The molecule has 3 atom stereocenters. The second-order valence-electron chi connectivity index (χ2n) is 5.00. The summed E-state index contributed by atoms with van der Waals surface area (Å²) in [5.41, 5.74) is 0. The van der Waals surface area contributed by atoms with Crippen LogP contribution in [-0.2, 0) is 0 Å². The summed E-state index contributed by atoms with van der Waals surface area (Å²) in [6.07, 6.45) is 2.59. The predicted molar refractivity (Wildman–Crippen MR) is 75.8 cm³/mol. The Morgan fingerprint density at radius 3 is 2.88 bits per heavy atom. The van der Waals surface area contributed by atoms with E-state index in [0.717, 1.165) is 17.9 Å². The number of benzene rings is 1. The zero-order valence-electron chi connectivity index (χ0n) is 10.4. The zero-order valence-corrected chi connectivity index (χ0v) is 11.3. The van der Waals surface area contributed by atoms with Crippen LogP contribution in [0.25, 0.3) is 10.1 Å². The fourth-order valence-corrected chi connectivity index (χ4v) is 4.37. The Morgan fingerprint density at radius 1 is 1.35 bits per heavy atom. The average Bonchev–Trinajstić information content (AvgIpc) is 2.72. The Balaban J connectivity index is 1.89. The monoisotopic (exact) mass is 245 g/mol. The van der Waals surface area contributed by atoms with Gasteiger partial charge in [0, 0.05) is 15.6 Å². The van der Waals surface area contributed by atoms with Gasteiger partial charge in [-0.05, 0) is 42.8 Å². The molecule has 2 heteroatoms. The van der Waals surface area contributed by atoms with Gasteiger partial charge in [-0.15, -0.1) is 11.3 Å². The number of nitrogens with one attached hydrogen (secondary N) is 1. The molecule has 1 aliphatic rings. The highest BCUT2D eigenvalue weighted by Crippen LogP contribution is 2.47. The maximum absolute atomic E-state index is 3.44. The van der Waals surface area contributed by atoms with Crippen molar-refractivity contribution in [3.05, 3.63) is 35.2 Å². The van der Waals surface area contributed by atoms with Crippen molar-refractivity contribution in [1.82, 2.24) is 5.32 Å². The standard InChI is InChI=1S/C15H19NS/c1-3-11-12(9-13(11)16-2)15-8-10-6-4-5-7-14(10)17-15/h4-8,11-13,16H,3,9H2,1-2H3. The first-order chi connectivity index (χ1) is 8.33. The fourth-order valence-electron chi connectivity index (χ4n) is 3.12. The van der Waals surface area contributed by atoms with Crippen molar-refractivity contribution < 1.29 is 0 Å². The minimum absolute atomic E-state index is 0.732. The second-order valence-corrected chi connectivity index (χ2v) is 6.11. The molecule has 0 radical (unpaired) electrons. The van der Waals surface area contributed by atoms with Gasteiger partial charge in [-0.25, -0.2) is 0 Å². The van der Waals surface area contributed by atoms with Crippen LogP contribution in [0.1, 0.15) is 30.6 Å². The highest BCUT2D eigenvalue weighted by atomic mass is 32.1. The van der Waals surface area contributed by atoms with Gasteiger partial charge in [-0.1, -0.05) is 31.5 Å². The minimum atomic E-state index is 0.732. The Hall–Kier alpha value is -0.860. The van der Waals surface area contributed by atoms with Crippen molar-refractivity contribution in [3.8, 4) is 0 Å². The van der Waals surface area contributed by atoms with E-state index in [9.17, 15) is 0 Å². The third-order valence-electron chi connectivity index (χ3n) is 4.19. The van der Waals surface area contributed by atoms with E-state index in [0.29, 0.717) is 0 Å². The number of hydrogen-bond donors (Lipinski definition) is 1. The van der Waals surface area contributed by atoms with E-state index in [1.807, 2.05) is 11.3 Å². The molecule has 0 amide bonds. The van der Waals surface area contributed by atoms with Crippen molar-refractivity contribution in [2.75, 3.05) is 7.05 Å². The van der Waals surface area contributed by atoms with Crippen LogP contribution in [0.4, 0.5) is 0 Å². The van der Waals surface area contributed by atoms with Crippen LogP contribution >= 0.6 is 11.3 Å². The summed E-state index contributed by atoms with van der Waals surface area (Å²) in [6.45, 7) is 2.31. The summed E-state index contributed by atoms with van der Waals surface area (Å²) in [5.74, 6) is 1.61. The summed E-state index contributed by atoms with van der Waals surface area (Å²) < 4.78 is 1.44. The highest BCUT2D eigenvalue weighted by molar-refractivity contribution is 7.19. The first kappa shape index (κ1) is 11.2. The van der Waals surface area contributed by atoms with E-state index < -0.39 is 0 Å². The maximum atomic E-state index is 3.44. The first-order valence-corrected chi connectivity index (χ1v) is 7.31. The lowest BCUT2D eigenvalue weighted by Gasteiger charge is -2.44. The molecule has 1 aromatic carbocycles. The SMILES string of the molecule is CCC1C(NC)CC1c1cc2ccccc2s1. The van der Waals surface area contributed by atoms with Crippen molar-refractivity contribution in [1.29, 1.82) is 0 Å². The molecule has 1 aromatic heterocycles. The van der Waals surface area contributed by atoms with Gasteiger partial charge in [0.2, 0.25) is 0 Å². The molecule has 1 N–H and O–H groups in total. The van der Waals surface area contributed by atoms with E-state index in [-0.39, 0.29) is 0 Å². The van der Waals surface area contributed by atoms with Gasteiger partial charge in [0.15, 0.2) is 0 Å². The smallest absolute Gasteiger partial charge is 0.0345 e. The van der Waals surface area contributed by atoms with Gasteiger partial charge in [-0.3, -0.25) is 0 Å². The molecule has 0 aliphatic heterocycles. The van der Waals surface area contributed by atoms with Crippen LogP contribution in [0.3, 0.4) is 0 Å². The van der Waals surface area contributed by atoms with E-state index in [1.165, 1.54) is 22.9 Å². The van der Waals surface area contributed by atoms with Gasteiger partial charge in [-0.2, -0.15) is 0 Å². The molecule has 0 saturated heterocycles. The lowest BCUT2D eigenvalue weighted by molar-refractivity contribution is 0.172. The first-order valence-electron chi connectivity index (χ1n) is 6.49. The number of thiophene rings is 1. The topological polar surface area (TPSA) is 12.0 Å². The van der Waals surface area contributed by atoms with Gasteiger partial charge in [0.25, 0.3) is 0 Å². The van der Waals surface area contributed by atoms with Crippen LogP contribution in [0.2, 0.25) is 0 Å². The third-order valence-corrected chi connectivity index (χ3v) is 5.44. The minimum Gasteiger partial charge on any atom is -0.317 e. The molecular weight excluding hydrogens is 226 g/mol. The molecule has 1 nitrogen and oxygen atoms in total. The number of hydrogen-bond acceptors (Lipinski definition) is 2. The average molecular weight is 245 g/mol. The van der Waals surface area contributed by atoms with E-state index in [2.05, 4.69) is 49.6 Å². The second kappa shape index (κ2) is 4.43. The molecule has 1 heterocycles. The maximum Gasteiger partial charge on any atom is 0.0345 e. The van der Waals surface area contributed by atoms with Crippen LogP contribution < -0.4 is 5.32 Å². The van der Waals surface area contributed by atoms with Gasteiger partial charge < -0.3 is 5.32 Å². The van der Waals surface area contributed by atoms with Crippen molar-refractivity contribution in [2.24, 2.45) is 5.92 Å². The normalized spacial score (nSPS) is 28.2. The van der Waals surface area contributed by atoms with Gasteiger partial charge in [0.05, 0.1) is 0 Å². The molecule has 17 heavy (non-hydrogen) atoms. The largest absolute Gasteiger partial charge is 0.317 e. The van der Waals surface area contributed by atoms with E-state index in [4.69, 9.17) is 0 Å². The molecule has 3 unspecified atom stereocenters. The van der Waals surface area contributed by atoms with E-state index in [1.54, 1.807) is 4.88 Å². The van der Waals surface area contributed by atoms with Gasteiger partial charge in [0.1, 0.15) is 0 Å². The van der Waals surface area contributed by atoms with Crippen LogP contribution in [0.15, 0.2) is 30.3 Å². The Kier molecular flexibility index (Phi) is 2.93. The highest BCUT2D eigenvalue weighted by Gasteiger charge is 2.40. The summed E-state index contributed by atoms with van der Waals surface area (Å²) in [6, 6.07) is 11.9. The molecule has 3 rings (SSSR count). The lowest BCUT2D eigenvalue weighted by Crippen LogP contribution is -2.47. The summed E-state index contributed by atoms with van der Waals surface area (Å²) >= 11 is 1.99. The summed E-state index contributed by atoms with van der Waals surface area (Å²) in [7, 11) is 2.09. The van der Waals surface area contributed by atoms with Crippen LogP contribution in [0, 0.1) is 5.92 Å². The van der Waals surface area contributed by atoms with Crippen molar-refractivity contribution in [2.45, 2.75) is 31.7 Å². The van der Waals surface area contributed by atoms with Crippen LogP contribution in [0.5, 0.6) is 0 Å². The molecule has 90 valence electrons. The number of fused-ring (bicyclic) bond motifs is 1. The predicted octanol–water partition coefficient (Wildman–Crippen LogP) is 4.00. The Morgan fingerprint density at radius 2 is 2.18 bits per heavy atom. The van der Waals surface area contributed by atoms with Crippen molar-refractivity contribution in [3.63, 3.8) is 0 Å². The molecular formula is C15H19NS. The molecule has 0 spiro atoms.